The number of carbonyl (C=O) groups excluding carboxylic acids is 1. The molecule has 0 saturated carbocycles. The van der Waals surface area contributed by atoms with Crippen LogP contribution in [0.5, 0.6) is 0 Å². The molecule has 3 nitrogen and oxygen atoms in total. The van der Waals surface area contributed by atoms with Gasteiger partial charge in [0.25, 0.3) is 0 Å². The van der Waals surface area contributed by atoms with E-state index in [1.54, 1.807) is 0 Å². The van der Waals surface area contributed by atoms with Gasteiger partial charge in [0.1, 0.15) is 5.82 Å². The van der Waals surface area contributed by atoms with Gasteiger partial charge in [-0.05, 0) is 30.9 Å². The number of thiol groups is 1. The Hall–Kier alpha value is -1.29. The van der Waals surface area contributed by atoms with Crippen molar-refractivity contribution >= 4 is 29.4 Å². The molecule has 78 valence electrons. The van der Waals surface area contributed by atoms with Crippen LogP contribution in [0.1, 0.15) is 22.6 Å². The third kappa shape index (κ3) is 2.04. The molecular weight excluding hydrogens is 208 g/mol. The van der Waals surface area contributed by atoms with E-state index < -0.39 is 0 Å². The van der Waals surface area contributed by atoms with Crippen LogP contribution in [0.2, 0.25) is 0 Å². The highest BCUT2D eigenvalue weighted by Gasteiger charge is 2.06. The summed E-state index contributed by atoms with van der Waals surface area (Å²) >= 11 is 4.05. The predicted molar refractivity (Wildman–Crippen MR) is 63.6 cm³/mol. The topological polar surface area (TPSA) is 45.8 Å². The number of imidazole rings is 1. The smallest absolute Gasteiger partial charge is 0.163 e. The third-order valence-corrected chi connectivity index (χ3v) is 2.48. The van der Waals surface area contributed by atoms with Crippen LogP contribution in [0.25, 0.3) is 11.0 Å². The summed E-state index contributed by atoms with van der Waals surface area (Å²) in [6.45, 7) is 1.90. The molecule has 1 aromatic carbocycles. The Morgan fingerprint density at radius 2 is 2.33 bits per heavy atom. The number of aryl methyl sites for hydroxylation is 1. The third-order valence-electron chi connectivity index (χ3n) is 2.26. The molecule has 4 heteroatoms. The summed E-state index contributed by atoms with van der Waals surface area (Å²) in [7, 11) is 0. The first-order valence-electron chi connectivity index (χ1n) is 4.81. The van der Waals surface area contributed by atoms with Crippen molar-refractivity contribution < 1.29 is 4.79 Å². The van der Waals surface area contributed by atoms with E-state index in [2.05, 4.69) is 22.6 Å². The van der Waals surface area contributed by atoms with Crippen molar-refractivity contribution in [2.24, 2.45) is 0 Å². The molecule has 0 aliphatic carbocycles. The summed E-state index contributed by atoms with van der Waals surface area (Å²) in [5.74, 6) is 1.57. The second-order valence-electron chi connectivity index (χ2n) is 3.45. The quantitative estimate of drug-likeness (QED) is 0.616. The molecule has 0 aliphatic rings. The number of aromatic amines is 1. The second-order valence-corrected chi connectivity index (χ2v) is 3.90. The van der Waals surface area contributed by atoms with Crippen molar-refractivity contribution in [3.63, 3.8) is 0 Å². The highest BCUT2D eigenvalue weighted by Crippen LogP contribution is 2.14. The van der Waals surface area contributed by atoms with E-state index in [1.165, 1.54) is 0 Å². The number of fused-ring (bicyclic) bond motifs is 1. The number of H-pyrrole nitrogens is 1. The summed E-state index contributed by atoms with van der Waals surface area (Å²) in [5, 5.41) is 0. The van der Waals surface area contributed by atoms with Gasteiger partial charge in [-0.3, -0.25) is 4.79 Å². The Morgan fingerprint density at radius 3 is 3.07 bits per heavy atom. The van der Waals surface area contributed by atoms with Crippen molar-refractivity contribution in [2.75, 3.05) is 5.75 Å². The molecule has 1 N–H and O–H groups in total. The van der Waals surface area contributed by atoms with Crippen LogP contribution in [-0.4, -0.2) is 21.5 Å². The van der Waals surface area contributed by atoms with Crippen LogP contribution >= 0.6 is 12.6 Å². The fraction of sp³-hybridized carbons (Fsp3) is 0.273. The Balaban J connectivity index is 2.41. The zero-order valence-corrected chi connectivity index (χ0v) is 9.34. The van der Waals surface area contributed by atoms with E-state index in [0.29, 0.717) is 12.2 Å². The van der Waals surface area contributed by atoms with Gasteiger partial charge in [-0.1, -0.05) is 0 Å². The van der Waals surface area contributed by atoms with E-state index in [9.17, 15) is 4.79 Å². The number of nitrogens with one attached hydrogen (secondary N) is 1. The van der Waals surface area contributed by atoms with E-state index in [4.69, 9.17) is 0 Å². The van der Waals surface area contributed by atoms with Crippen LogP contribution in [0.3, 0.4) is 0 Å². The molecule has 1 aromatic heterocycles. The summed E-state index contributed by atoms with van der Waals surface area (Å²) in [6, 6.07) is 5.53. The maximum absolute atomic E-state index is 11.6. The molecule has 0 bridgehead atoms. The van der Waals surface area contributed by atoms with Gasteiger partial charge in [0.05, 0.1) is 11.0 Å². The van der Waals surface area contributed by atoms with Gasteiger partial charge in [-0.2, -0.15) is 12.6 Å². The normalized spacial score (nSPS) is 10.8. The molecule has 0 radical (unpaired) electrons. The van der Waals surface area contributed by atoms with Gasteiger partial charge in [0.2, 0.25) is 0 Å². The first kappa shape index (κ1) is 10.2. The lowest BCUT2D eigenvalue weighted by Gasteiger charge is -1.98. The standard InChI is InChI=1S/C11H12N2OS/c1-7-12-9-3-2-8(6-10(9)13-7)11(14)4-5-15/h2-3,6,15H,4-5H2,1H3,(H,12,13). The molecule has 0 atom stereocenters. The average Bonchev–Trinajstić information content (AvgIpc) is 2.57. The molecular formula is C11H12N2OS. The maximum Gasteiger partial charge on any atom is 0.163 e. The van der Waals surface area contributed by atoms with Gasteiger partial charge in [0, 0.05) is 12.0 Å². The fourth-order valence-corrected chi connectivity index (χ4v) is 1.76. The lowest BCUT2D eigenvalue weighted by Crippen LogP contribution is -1.99. The summed E-state index contributed by atoms with van der Waals surface area (Å²) in [4.78, 5) is 19.0. The van der Waals surface area contributed by atoms with Gasteiger partial charge < -0.3 is 4.98 Å². The Morgan fingerprint density at radius 1 is 1.53 bits per heavy atom. The van der Waals surface area contributed by atoms with Gasteiger partial charge >= 0.3 is 0 Å². The van der Waals surface area contributed by atoms with E-state index in [1.807, 2.05) is 25.1 Å². The Kier molecular flexibility index (Phi) is 2.77. The predicted octanol–water partition coefficient (Wildman–Crippen LogP) is 2.37. The zero-order chi connectivity index (χ0) is 10.8. The highest BCUT2D eigenvalue weighted by molar-refractivity contribution is 7.80. The molecule has 15 heavy (non-hydrogen) atoms. The molecule has 1 heterocycles. The van der Waals surface area contributed by atoms with Crippen LogP contribution < -0.4 is 0 Å². The summed E-state index contributed by atoms with van der Waals surface area (Å²) in [5.41, 5.74) is 2.53. The zero-order valence-electron chi connectivity index (χ0n) is 8.45. The number of ketones is 1. The monoisotopic (exact) mass is 220 g/mol. The van der Waals surface area contributed by atoms with Crippen LogP contribution in [-0.2, 0) is 0 Å². The number of benzene rings is 1. The molecule has 0 unspecified atom stereocenters. The molecule has 0 amide bonds. The minimum absolute atomic E-state index is 0.124. The number of Topliss-reactive ketones (excluding diaryl/α,β-unsaturated/α-hetero) is 1. The molecule has 2 rings (SSSR count). The first-order chi connectivity index (χ1) is 7.20. The highest BCUT2D eigenvalue weighted by atomic mass is 32.1. The van der Waals surface area contributed by atoms with Crippen LogP contribution in [0.4, 0.5) is 0 Å². The lowest BCUT2D eigenvalue weighted by molar-refractivity contribution is 0.0990. The summed E-state index contributed by atoms with van der Waals surface area (Å²) < 4.78 is 0. The Bertz CT molecular complexity index is 504. The van der Waals surface area contributed by atoms with Crippen molar-refractivity contribution in [2.45, 2.75) is 13.3 Å². The second kappa shape index (κ2) is 4.06. The molecule has 2 aromatic rings. The number of carbonyl (C=O) groups is 1. The Labute approximate surface area is 93.3 Å². The van der Waals surface area contributed by atoms with Crippen molar-refractivity contribution in [3.8, 4) is 0 Å². The first-order valence-corrected chi connectivity index (χ1v) is 5.44. The van der Waals surface area contributed by atoms with Gasteiger partial charge in [0.15, 0.2) is 5.78 Å². The minimum Gasteiger partial charge on any atom is -0.342 e. The fourth-order valence-electron chi connectivity index (χ4n) is 1.56. The number of hydrogen-bond acceptors (Lipinski definition) is 3. The van der Waals surface area contributed by atoms with E-state index >= 15 is 0 Å². The van der Waals surface area contributed by atoms with Crippen molar-refractivity contribution in [1.29, 1.82) is 0 Å². The minimum atomic E-state index is 0.124. The molecule has 0 spiro atoms. The van der Waals surface area contributed by atoms with Gasteiger partial charge in [-0.15, -0.1) is 0 Å². The van der Waals surface area contributed by atoms with Crippen LogP contribution in [0, 0.1) is 6.92 Å². The SMILES string of the molecule is Cc1nc2ccc(C(=O)CCS)cc2[nH]1. The maximum atomic E-state index is 11.6. The van der Waals surface area contributed by atoms with E-state index in [0.717, 1.165) is 22.4 Å². The average molecular weight is 220 g/mol. The summed E-state index contributed by atoms with van der Waals surface area (Å²) in [6.07, 6.45) is 0.474. The number of aromatic nitrogens is 2. The molecule has 0 fully saturated rings. The number of nitrogens with zero attached hydrogens (tertiary/aromatic N) is 1. The molecule has 0 aliphatic heterocycles. The van der Waals surface area contributed by atoms with Crippen LogP contribution in [0.15, 0.2) is 18.2 Å². The molecule has 0 saturated heterocycles. The van der Waals surface area contributed by atoms with E-state index in [-0.39, 0.29) is 5.78 Å². The number of hydrogen-bond donors (Lipinski definition) is 2. The number of rotatable bonds is 3. The lowest BCUT2D eigenvalue weighted by atomic mass is 10.1. The van der Waals surface area contributed by atoms with Crippen molar-refractivity contribution in [1.82, 2.24) is 9.97 Å². The van der Waals surface area contributed by atoms with Crippen molar-refractivity contribution in [3.05, 3.63) is 29.6 Å². The largest absolute Gasteiger partial charge is 0.342 e. The van der Waals surface area contributed by atoms with Gasteiger partial charge in [-0.25, -0.2) is 4.98 Å².